The first-order valence-corrected chi connectivity index (χ1v) is 3.04. The van der Waals surface area contributed by atoms with Crippen molar-refractivity contribution in [3.63, 3.8) is 0 Å². The average Bonchev–Trinajstić information content (AvgIpc) is 2.22. The molecule has 0 unspecified atom stereocenters. The molecule has 2 fully saturated rings. The first-order valence-electron chi connectivity index (χ1n) is 3.04. The molecule has 1 heteroatoms. The summed E-state index contributed by atoms with van der Waals surface area (Å²) < 4.78 is 0. The zero-order valence-electron chi connectivity index (χ0n) is 4.43. The van der Waals surface area contributed by atoms with Crippen LogP contribution < -0.4 is 0 Å². The van der Waals surface area contributed by atoms with Crippen LogP contribution in [0.5, 0.6) is 0 Å². The maximum absolute atomic E-state index is 2.44. The van der Waals surface area contributed by atoms with Crippen molar-refractivity contribution in [1.29, 1.82) is 0 Å². The second kappa shape index (κ2) is 1.22. The summed E-state index contributed by atoms with van der Waals surface area (Å²) in [6.45, 7) is 5.06. The Labute approximate surface area is 44.3 Å². The first kappa shape index (κ1) is 3.90. The van der Waals surface area contributed by atoms with E-state index in [1.165, 1.54) is 25.9 Å². The maximum Gasteiger partial charge on any atom is 0.0283 e. The van der Waals surface area contributed by atoms with Crippen LogP contribution in [0.1, 0.15) is 12.8 Å². The van der Waals surface area contributed by atoms with E-state index in [0.717, 1.165) is 5.92 Å². The number of hydrogen-bond acceptors (Lipinski definition) is 1. The summed E-state index contributed by atoms with van der Waals surface area (Å²) in [5.41, 5.74) is 0. The van der Waals surface area contributed by atoms with Crippen LogP contribution in [0.15, 0.2) is 0 Å². The van der Waals surface area contributed by atoms with E-state index in [2.05, 4.69) is 11.4 Å². The SMILES string of the molecule is [CH]1C2CCN1CC2. The minimum absolute atomic E-state index is 0.972. The molecule has 2 heterocycles. The van der Waals surface area contributed by atoms with Gasteiger partial charge in [-0.2, -0.15) is 0 Å². The van der Waals surface area contributed by atoms with Crippen LogP contribution in [-0.4, -0.2) is 18.0 Å². The van der Waals surface area contributed by atoms with Gasteiger partial charge in [-0.25, -0.2) is 0 Å². The van der Waals surface area contributed by atoms with Crippen molar-refractivity contribution >= 4 is 0 Å². The van der Waals surface area contributed by atoms with Gasteiger partial charge in [0.05, 0.1) is 0 Å². The van der Waals surface area contributed by atoms with E-state index in [9.17, 15) is 0 Å². The summed E-state index contributed by atoms with van der Waals surface area (Å²) in [5, 5.41) is 0. The lowest BCUT2D eigenvalue weighted by atomic mass is 10.1. The van der Waals surface area contributed by atoms with Crippen LogP contribution in [0.3, 0.4) is 0 Å². The van der Waals surface area contributed by atoms with Gasteiger partial charge in [-0.3, -0.25) is 4.90 Å². The monoisotopic (exact) mass is 96.1 g/mol. The summed E-state index contributed by atoms with van der Waals surface area (Å²) in [4.78, 5) is 2.44. The molecule has 0 aromatic rings. The topological polar surface area (TPSA) is 3.24 Å². The van der Waals surface area contributed by atoms with Crippen LogP contribution in [0, 0.1) is 12.5 Å². The minimum Gasteiger partial charge on any atom is -0.299 e. The number of fused-ring (bicyclic) bond motifs is 2. The Kier molecular flexibility index (Phi) is 0.680. The predicted molar refractivity (Wildman–Crippen MR) is 28.6 cm³/mol. The predicted octanol–water partition coefficient (Wildman–Crippen LogP) is 0.874. The van der Waals surface area contributed by atoms with Crippen LogP contribution in [0.4, 0.5) is 0 Å². The van der Waals surface area contributed by atoms with Gasteiger partial charge < -0.3 is 0 Å². The summed E-state index contributed by atoms with van der Waals surface area (Å²) in [7, 11) is 0. The Balaban J connectivity index is 2.12. The number of piperidine rings is 1. The van der Waals surface area contributed by atoms with E-state index in [4.69, 9.17) is 0 Å². The van der Waals surface area contributed by atoms with Crippen molar-refractivity contribution in [1.82, 2.24) is 4.90 Å². The zero-order chi connectivity index (χ0) is 4.69. The lowest BCUT2D eigenvalue weighted by Gasteiger charge is -2.08. The van der Waals surface area contributed by atoms with Crippen LogP contribution in [-0.2, 0) is 0 Å². The van der Waals surface area contributed by atoms with Crippen LogP contribution in [0.2, 0.25) is 0 Å². The summed E-state index contributed by atoms with van der Waals surface area (Å²) in [5.74, 6) is 0.972. The van der Waals surface area contributed by atoms with Crippen LogP contribution >= 0.6 is 0 Å². The molecular formula is C6H10N. The van der Waals surface area contributed by atoms with Crippen molar-refractivity contribution in [2.24, 2.45) is 5.92 Å². The second-order valence-corrected chi connectivity index (χ2v) is 2.52. The van der Waals surface area contributed by atoms with Gasteiger partial charge in [0.1, 0.15) is 0 Å². The Hall–Kier alpha value is -0.0400. The molecule has 0 aromatic carbocycles. The first-order chi connectivity index (χ1) is 3.45. The average molecular weight is 96.2 g/mol. The van der Waals surface area contributed by atoms with Gasteiger partial charge in [0.25, 0.3) is 0 Å². The number of rotatable bonds is 0. The molecule has 0 atom stereocenters. The summed E-state index contributed by atoms with van der Waals surface area (Å²) in [6, 6.07) is 0. The van der Waals surface area contributed by atoms with Crippen molar-refractivity contribution < 1.29 is 0 Å². The molecule has 2 bridgehead atoms. The molecule has 0 amide bonds. The van der Waals surface area contributed by atoms with Gasteiger partial charge in [0.2, 0.25) is 0 Å². The molecule has 1 radical (unpaired) electrons. The highest BCUT2D eigenvalue weighted by Gasteiger charge is 2.28. The Morgan fingerprint density at radius 1 is 1.29 bits per heavy atom. The van der Waals surface area contributed by atoms with Gasteiger partial charge in [-0.1, -0.05) is 0 Å². The molecule has 0 saturated carbocycles. The number of hydrogen-bond donors (Lipinski definition) is 0. The van der Waals surface area contributed by atoms with Crippen molar-refractivity contribution in [3.05, 3.63) is 6.54 Å². The highest BCUT2D eigenvalue weighted by atomic mass is 15.2. The van der Waals surface area contributed by atoms with Crippen LogP contribution in [0.25, 0.3) is 0 Å². The Morgan fingerprint density at radius 2 is 2.00 bits per heavy atom. The fourth-order valence-corrected chi connectivity index (χ4v) is 1.52. The standard InChI is InChI=1S/C6H10N/c1-3-7-4-2-6(1)5-7/h5-6H,1-4H2. The molecule has 0 aromatic heterocycles. The third-order valence-corrected chi connectivity index (χ3v) is 2.00. The Morgan fingerprint density at radius 3 is 2.14 bits per heavy atom. The second-order valence-electron chi connectivity index (χ2n) is 2.52. The molecular weight excluding hydrogens is 86.1 g/mol. The van der Waals surface area contributed by atoms with Gasteiger partial charge in [-0.05, 0) is 31.8 Å². The molecule has 2 rings (SSSR count). The quantitative estimate of drug-likeness (QED) is 0.432. The van der Waals surface area contributed by atoms with E-state index in [1.54, 1.807) is 0 Å². The van der Waals surface area contributed by atoms with E-state index >= 15 is 0 Å². The third kappa shape index (κ3) is 0.480. The highest BCUT2D eigenvalue weighted by molar-refractivity contribution is 4.92. The molecule has 2 aliphatic heterocycles. The van der Waals surface area contributed by atoms with E-state index < -0.39 is 0 Å². The molecule has 2 aliphatic rings. The molecule has 0 spiro atoms. The zero-order valence-corrected chi connectivity index (χ0v) is 4.43. The maximum atomic E-state index is 2.44. The van der Waals surface area contributed by atoms with E-state index in [-0.39, 0.29) is 0 Å². The van der Waals surface area contributed by atoms with Gasteiger partial charge in [0.15, 0.2) is 0 Å². The lowest BCUT2D eigenvalue weighted by Crippen LogP contribution is -2.14. The normalized spacial score (nSPS) is 48.0. The molecule has 1 nitrogen and oxygen atoms in total. The van der Waals surface area contributed by atoms with Gasteiger partial charge >= 0.3 is 0 Å². The molecule has 0 N–H and O–H groups in total. The highest BCUT2D eigenvalue weighted by Crippen LogP contribution is 2.30. The third-order valence-electron chi connectivity index (χ3n) is 2.00. The molecule has 2 saturated heterocycles. The smallest absolute Gasteiger partial charge is 0.0283 e. The minimum atomic E-state index is 0.972. The molecule has 39 valence electrons. The van der Waals surface area contributed by atoms with E-state index in [0.29, 0.717) is 0 Å². The van der Waals surface area contributed by atoms with Crippen molar-refractivity contribution in [2.45, 2.75) is 12.8 Å². The fourth-order valence-electron chi connectivity index (χ4n) is 1.52. The van der Waals surface area contributed by atoms with Gasteiger partial charge in [0, 0.05) is 6.54 Å². The largest absolute Gasteiger partial charge is 0.299 e. The van der Waals surface area contributed by atoms with E-state index in [1.807, 2.05) is 0 Å². The summed E-state index contributed by atoms with van der Waals surface area (Å²) in [6.07, 6.45) is 2.86. The van der Waals surface area contributed by atoms with Crippen molar-refractivity contribution in [2.75, 3.05) is 13.1 Å². The molecule has 7 heavy (non-hydrogen) atoms. The Bertz CT molecular complexity index is 62.2. The molecule has 0 aliphatic carbocycles. The van der Waals surface area contributed by atoms with Crippen molar-refractivity contribution in [3.8, 4) is 0 Å². The summed E-state index contributed by atoms with van der Waals surface area (Å²) >= 11 is 0. The lowest BCUT2D eigenvalue weighted by molar-refractivity contribution is 0.389. The number of nitrogens with zero attached hydrogens (tertiary/aromatic N) is 1. The van der Waals surface area contributed by atoms with Gasteiger partial charge in [-0.15, -0.1) is 0 Å². The fraction of sp³-hybridized carbons (Fsp3) is 0.833.